The van der Waals surface area contributed by atoms with Gasteiger partial charge < -0.3 is 0 Å². The highest BCUT2D eigenvalue weighted by molar-refractivity contribution is 5.23. The van der Waals surface area contributed by atoms with Crippen molar-refractivity contribution in [3.63, 3.8) is 0 Å². The average Bonchev–Trinajstić information content (AvgIpc) is 2.04. The smallest absolute Gasteiger partial charge is 0.0165 e. The van der Waals surface area contributed by atoms with Gasteiger partial charge in [-0.3, -0.25) is 0 Å². The molecule has 0 heteroatoms. The number of hydrogen-bond acceptors (Lipinski definition) is 0. The molecule has 2 aliphatic carbocycles. The van der Waals surface area contributed by atoms with Crippen molar-refractivity contribution in [2.75, 3.05) is 0 Å². The van der Waals surface area contributed by atoms with Crippen LogP contribution in [0.2, 0.25) is 0 Å². The molecule has 2 rings (SSSR count). The molecule has 60 valence electrons. The maximum absolute atomic E-state index is 2.46. The summed E-state index contributed by atoms with van der Waals surface area (Å²) in [4.78, 5) is 0. The number of hydrogen-bond donors (Lipinski definition) is 0. The molecule has 0 aliphatic heterocycles. The Morgan fingerprint density at radius 3 is 2.73 bits per heavy atom. The van der Waals surface area contributed by atoms with Crippen LogP contribution in [-0.4, -0.2) is 0 Å². The average molecular weight is 148 g/mol. The molecule has 1 fully saturated rings. The molecule has 1 saturated carbocycles. The van der Waals surface area contributed by atoms with Crippen molar-refractivity contribution in [2.45, 2.75) is 32.6 Å². The van der Waals surface area contributed by atoms with Crippen molar-refractivity contribution in [1.29, 1.82) is 0 Å². The van der Waals surface area contributed by atoms with Gasteiger partial charge in [0, 0.05) is 0 Å². The van der Waals surface area contributed by atoms with Gasteiger partial charge in [-0.15, -0.1) is 0 Å². The molecule has 0 bridgehead atoms. The van der Waals surface area contributed by atoms with Crippen LogP contribution in [-0.2, 0) is 0 Å². The fraction of sp³-hybridized carbons (Fsp3) is 0.636. The van der Waals surface area contributed by atoms with E-state index in [0.717, 1.165) is 11.8 Å². The molecule has 0 spiro atoms. The summed E-state index contributed by atoms with van der Waals surface area (Å²) in [5, 5.41) is 0. The van der Waals surface area contributed by atoms with Gasteiger partial charge in [-0.25, -0.2) is 0 Å². The summed E-state index contributed by atoms with van der Waals surface area (Å²) in [7, 11) is 0. The van der Waals surface area contributed by atoms with Crippen LogP contribution in [0, 0.1) is 11.8 Å². The Kier molecular flexibility index (Phi) is 1.85. The van der Waals surface area contributed by atoms with E-state index in [0.29, 0.717) is 0 Å². The van der Waals surface area contributed by atoms with E-state index < -0.39 is 0 Å². The monoisotopic (exact) mass is 148 g/mol. The van der Waals surface area contributed by atoms with Gasteiger partial charge in [0.1, 0.15) is 0 Å². The molecule has 1 unspecified atom stereocenters. The lowest BCUT2D eigenvalue weighted by atomic mass is 9.76. The molecule has 0 saturated heterocycles. The Hall–Kier alpha value is -0.520. The summed E-state index contributed by atoms with van der Waals surface area (Å²) in [5.74, 6) is 1.76. The highest BCUT2D eigenvalue weighted by atomic mass is 14.3. The summed E-state index contributed by atoms with van der Waals surface area (Å²) >= 11 is 0. The van der Waals surface area contributed by atoms with Gasteiger partial charge in [0.05, 0.1) is 0 Å². The van der Waals surface area contributed by atoms with Gasteiger partial charge in [0.2, 0.25) is 0 Å². The van der Waals surface area contributed by atoms with E-state index in [1.165, 1.54) is 31.3 Å². The molecule has 2 atom stereocenters. The number of rotatable bonds is 0. The normalized spacial score (nSPS) is 36.3. The van der Waals surface area contributed by atoms with Gasteiger partial charge in [-0.2, -0.15) is 0 Å². The summed E-state index contributed by atoms with van der Waals surface area (Å²) in [6.07, 6.45) is 12.9. The fourth-order valence-electron chi connectivity index (χ4n) is 2.30. The summed E-state index contributed by atoms with van der Waals surface area (Å²) < 4.78 is 0. The predicted octanol–water partition coefficient (Wildman–Crippen LogP) is 3.31. The SMILES string of the molecule is CC1=C[C@@H]2CCCCC2C=C1. The Morgan fingerprint density at radius 2 is 1.91 bits per heavy atom. The van der Waals surface area contributed by atoms with E-state index in [4.69, 9.17) is 0 Å². The van der Waals surface area contributed by atoms with Crippen LogP contribution in [0.1, 0.15) is 32.6 Å². The largest absolute Gasteiger partial charge is 0.0806 e. The lowest BCUT2D eigenvalue weighted by Crippen LogP contribution is -2.17. The van der Waals surface area contributed by atoms with Crippen LogP contribution in [0.15, 0.2) is 23.8 Å². The summed E-state index contributed by atoms with van der Waals surface area (Å²) in [5.41, 5.74) is 1.47. The summed E-state index contributed by atoms with van der Waals surface area (Å²) in [6.45, 7) is 2.21. The van der Waals surface area contributed by atoms with Crippen LogP contribution >= 0.6 is 0 Å². The van der Waals surface area contributed by atoms with Crippen molar-refractivity contribution in [1.82, 2.24) is 0 Å². The first-order valence-electron chi connectivity index (χ1n) is 4.73. The van der Waals surface area contributed by atoms with Crippen LogP contribution in [0.25, 0.3) is 0 Å². The maximum Gasteiger partial charge on any atom is -0.0165 e. The molecule has 0 aromatic rings. The Bertz CT molecular complexity index is 198. The van der Waals surface area contributed by atoms with Crippen molar-refractivity contribution in [3.8, 4) is 0 Å². The van der Waals surface area contributed by atoms with Crippen molar-refractivity contribution in [3.05, 3.63) is 23.8 Å². The zero-order valence-corrected chi connectivity index (χ0v) is 7.22. The topological polar surface area (TPSA) is 0 Å². The minimum atomic E-state index is 0.882. The maximum atomic E-state index is 2.46. The molecule has 11 heavy (non-hydrogen) atoms. The molecular weight excluding hydrogens is 132 g/mol. The second-order valence-electron chi connectivity index (χ2n) is 3.88. The summed E-state index contributed by atoms with van der Waals surface area (Å²) in [6, 6.07) is 0. The first-order valence-corrected chi connectivity index (χ1v) is 4.73. The molecule has 0 radical (unpaired) electrons. The van der Waals surface area contributed by atoms with Gasteiger partial charge in [0.15, 0.2) is 0 Å². The van der Waals surface area contributed by atoms with Crippen LogP contribution in [0.4, 0.5) is 0 Å². The molecule has 2 aliphatic rings. The fourth-order valence-corrected chi connectivity index (χ4v) is 2.30. The van der Waals surface area contributed by atoms with E-state index in [-0.39, 0.29) is 0 Å². The van der Waals surface area contributed by atoms with E-state index >= 15 is 0 Å². The quantitative estimate of drug-likeness (QED) is 0.494. The van der Waals surface area contributed by atoms with E-state index in [2.05, 4.69) is 25.2 Å². The standard InChI is InChI=1S/C11H16/c1-9-6-7-10-4-2-3-5-11(10)8-9/h6-8,10-11H,2-5H2,1H3/t10?,11-/m0/s1. The van der Waals surface area contributed by atoms with Crippen LogP contribution < -0.4 is 0 Å². The second kappa shape index (κ2) is 2.84. The molecule has 0 amide bonds. The third-order valence-corrected chi connectivity index (χ3v) is 2.96. The molecule has 0 heterocycles. The van der Waals surface area contributed by atoms with E-state index in [1.807, 2.05) is 0 Å². The van der Waals surface area contributed by atoms with Crippen molar-refractivity contribution >= 4 is 0 Å². The van der Waals surface area contributed by atoms with E-state index in [1.54, 1.807) is 0 Å². The van der Waals surface area contributed by atoms with Gasteiger partial charge in [0.25, 0.3) is 0 Å². The first-order chi connectivity index (χ1) is 5.36. The molecule has 0 aromatic carbocycles. The number of allylic oxidation sites excluding steroid dienone is 4. The minimum Gasteiger partial charge on any atom is -0.0806 e. The molecular formula is C11H16. The van der Waals surface area contributed by atoms with Gasteiger partial charge >= 0.3 is 0 Å². The molecule has 0 nitrogen and oxygen atoms in total. The van der Waals surface area contributed by atoms with Gasteiger partial charge in [-0.1, -0.05) is 36.6 Å². The van der Waals surface area contributed by atoms with E-state index in [9.17, 15) is 0 Å². The van der Waals surface area contributed by atoms with Crippen molar-refractivity contribution < 1.29 is 0 Å². The highest BCUT2D eigenvalue weighted by Crippen LogP contribution is 2.35. The molecule has 0 aromatic heterocycles. The Labute approximate surface area is 69.0 Å². The Balaban J connectivity index is 2.13. The predicted molar refractivity (Wildman–Crippen MR) is 48.3 cm³/mol. The third-order valence-electron chi connectivity index (χ3n) is 2.96. The third kappa shape index (κ3) is 1.40. The highest BCUT2D eigenvalue weighted by Gasteiger charge is 2.22. The van der Waals surface area contributed by atoms with Gasteiger partial charge in [-0.05, 0) is 31.6 Å². The van der Waals surface area contributed by atoms with Crippen LogP contribution in [0.3, 0.4) is 0 Å². The number of fused-ring (bicyclic) bond motifs is 1. The minimum absolute atomic E-state index is 0.882. The first kappa shape index (κ1) is 7.15. The lowest BCUT2D eigenvalue weighted by molar-refractivity contribution is 0.333. The van der Waals surface area contributed by atoms with Crippen molar-refractivity contribution in [2.24, 2.45) is 11.8 Å². The zero-order chi connectivity index (χ0) is 7.68. The Morgan fingerprint density at radius 1 is 1.18 bits per heavy atom. The zero-order valence-electron chi connectivity index (χ0n) is 7.22. The lowest BCUT2D eigenvalue weighted by Gasteiger charge is -2.29. The van der Waals surface area contributed by atoms with Crippen LogP contribution in [0.5, 0.6) is 0 Å². The second-order valence-corrected chi connectivity index (χ2v) is 3.88. The molecule has 0 N–H and O–H groups in total.